The minimum absolute atomic E-state index is 0.650. The Morgan fingerprint density at radius 1 is 1.21 bits per heavy atom. The van der Waals surface area contributed by atoms with Crippen molar-refractivity contribution in [2.24, 2.45) is 18.9 Å². The molecule has 4 heteroatoms. The highest BCUT2D eigenvalue weighted by atomic mass is 15.4. The number of hydrogen-bond acceptors (Lipinski definition) is 3. The van der Waals surface area contributed by atoms with Crippen LogP contribution in [0.4, 0.5) is 5.82 Å². The van der Waals surface area contributed by atoms with Crippen molar-refractivity contribution in [1.29, 1.82) is 0 Å². The molecule has 0 bridgehead atoms. The standard InChI is InChI=1S/C15H30N4/c1-11(2)8-16-9-14-13(5)17-19(7)15(14)18(6)10-12(3)4/h11-12,16H,8-10H2,1-7H3. The van der Waals surface area contributed by atoms with Crippen molar-refractivity contribution in [2.45, 2.75) is 41.2 Å². The predicted octanol–water partition coefficient (Wildman–Crippen LogP) is 2.57. The molecule has 0 amide bonds. The van der Waals surface area contributed by atoms with E-state index in [2.05, 4.69) is 57.0 Å². The lowest BCUT2D eigenvalue weighted by atomic mass is 10.1. The van der Waals surface area contributed by atoms with Gasteiger partial charge in [-0.25, -0.2) is 0 Å². The van der Waals surface area contributed by atoms with Crippen LogP contribution in [0.25, 0.3) is 0 Å². The third-order valence-corrected chi connectivity index (χ3v) is 3.17. The molecule has 0 aliphatic carbocycles. The van der Waals surface area contributed by atoms with Gasteiger partial charge in [-0.2, -0.15) is 5.10 Å². The van der Waals surface area contributed by atoms with Crippen LogP contribution < -0.4 is 10.2 Å². The Bertz CT molecular complexity index is 393. The molecule has 0 aromatic carbocycles. The van der Waals surface area contributed by atoms with Gasteiger partial charge in [0.15, 0.2) is 0 Å². The summed E-state index contributed by atoms with van der Waals surface area (Å²) in [5.74, 6) is 2.56. The summed E-state index contributed by atoms with van der Waals surface area (Å²) in [4.78, 5) is 2.32. The van der Waals surface area contributed by atoms with Crippen molar-refractivity contribution >= 4 is 5.82 Å². The maximum Gasteiger partial charge on any atom is 0.131 e. The molecule has 110 valence electrons. The highest BCUT2D eigenvalue weighted by Gasteiger charge is 2.17. The average Bonchev–Trinajstić information content (AvgIpc) is 2.52. The van der Waals surface area contributed by atoms with Gasteiger partial charge in [-0.15, -0.1) is 0 Å². The minimum Gasteiger partial charge on any atom is -0.359 e. The van der Waals surface area contributed by atoms with E-state index in [1.807, 2.05) is 11.7 Å². The van der Waals surface area contributed by atoms with E-state index in [-0.39, 0.29) is 0 Å². The molecule has 0 atom stereocenters. The Labute approximate surface area is 118 Å². The van der Waals surface area contributed by atoms with E-state index in [4.69, 9.17) is 0 Å². The summed E-state index contributed by atoms with van der Waals surface area (Å²) >= 11 is 0. The van der Waals surface area contributed by atoms with Crippen LogP contribution in [0.3, 0.4) is 0 Å². The van der Waals surface area contributed by atoms with Crippen LogP contribution in [0.5, 0.6) is 0 Å². The fraction of sp³-hybridized carbons (Fsp3) is 0.800. The molecule has 0 radical (unpaired) electrons. The molecule has 0 saturated carbocycles. The molecule has 4 nitrogen and oxygen atoms in total. The second-order valence-corrected chi connectivity index (χ2v) is 6.31. The molecule has 1 aromatic rings. The summed E-state index contributed by atoms with van der Waals surface area (Å²) in [6.45, 7) is 14.0. The van der Waals surface area contributed by atoms with Crippen molar-refractivity contribution in [2.75, 3.05) is 25.0 Å². The Kier molecular flexibility index (Phi) is 5.85. The molecule has 0 fully saturated rings. The third kappa shape index (κ3) is 4.53. The maximum atomic E-state index is 4.57. The Morgan fingerprint density at radius 3 is 2.37 bits per heavy atom. The maximum absolute atomic E-state index is 4.57. The number of nitrogens with zero attached hydrogens (tertiary/aromatic N) is 3. The normalized spacial score (nSPS) is 11.6. The van der Waals surface area contributed by atoms with Crippen molar-refractivity contribution in [3.8, 4) is 0 Å². The predicted molar refractivity (Wildman–Crippen MR) is 82.6 cm³/mol. The van der Waals surface area contributed by atoms with E-state index < -0.39 is 0 Å². The van der Waals surface area contributed by atoms with Gasteiger partial charge >= 0.3 is 0 Å². The molecule has 1 rings (SSSR count). The van der Waals surface area contributed by atoms with Crippen LogP contribution >= 0.6 is 0 Å². The molecule has 0 saturated heterocycles. The summed E-state index contributed by atoms with van der Waals surface area (Å²) < 4.78 is 2.00. The summed E-state index contributed by atoms with van der Waals surface area (Å²) in [6.07, 6.45) is 0. The molecule has 0 aliphatic heterocycles. The van der Waals surface area contributed by atoms with Crippen molar-refractivity contribution in [3.05, 3.63) is 11.3 Å². The number of aryl methyl sites for hydroxylation is 2. The van der Waals surface area contributed by atoms with Gasteiger partial charge in [0.2, 0.25) is 0 Å². The first-order valence-corrected chi connectivity index (χ1v) is 7.27. The van der Waals surface area contributed by atoms with E-state index in [1.54, 1.807) is 0 Å². The molecule has 19 heavy (non-hydrogen) atoms. The van der Waals surface area contributed by atoms with Crippen LogP contribution in [0, 0.1) is 18.8 Å². The summed E-state index contributed by atoms with van der Waals surface area (Å²) in [5, 5.41) is 8.10. The van der Waals surface area contributed by atoms with Crippen molar-refractivity contribution in [3.63, 3.8) is 0 Å². The lowest BCUT2D eigenvalue weighted by Crippen LogP contribution is -2.27. The first-order chi connectivity index (χ1) is 8.82. The van der Waals surface area contributed by atoms with E-state index >= 15 is 0 Å². The van der Waals surface area contributed by atoms with Gasteiger partial charge in [0.1, 0.15) is 5.82 Å². The van der Waals surface area contributed by atoms with Gasteiger partial charge in [0.25, 0.3) is 0 Å². The number of hydrogen-bond donors (Lipinski definition) is 1. The smallest absolute Gasteiger partial charge is 0.131 e. The largest absolute Gasteiger partial charge is 0.359 e. The van der Waals surface area contributed by atoms with E-state index in [0.29, 0.717) is 11.8 Å². The SMILES string of the molecule is Cc1nn(C)c(N(C)CC(C)C)c1CNCC(C)C. The van der Waals surface area contributed by atoms with Gasteiger partial charge in [-0.05, 0) is 25.3 Å². The number of nitrogens with one attached hydrogen (secondary N) is 1. The zero-order valence-electron chi connectivity index (χ0n) is 13.6. The monoisotopic (exact) mass is 266 g/mol. The molecule has 1 aromatic heterocycles. The molecular formula is C15H30N4. The summed E-state index contributed by atoms with van der Waals surface area (Å²) in [6, 6.07) is 0. The summed E-state index contributed by atoms with van der Waals surface area (Å²) in [5.41, 5.74) is 2.45. The van der Waals surface area contributed by atoms with Crippen molar-refractivity contribution in [1.82, 2.24) is 15.1 Å². The van der Waals surface area contributed by atoms with Gasteiger partial charge in [-0.1, -0.05) is 27.7 Å². The van der Waals surface area contributed by atoms with Gasteiger partial charge in [0.05, 0.1) is 5.69 Å². The van der Waals surface area contributed by atoms with Crippen LogP contribution in [-0.4, -0.2) is 29.9 Å². The molecule has 1 heterocycles. The fourth-order valence-corrected chi connectivity index (χ4v) is 2.49. The van der Waals surface area contributed by atoms with Crippen LogP contribution in [-0.2, 0) is 13.6 Å². The number of anilines is 1. The first-order valence-electron chi connectivity index (χ1n) is 7.27. The lowest BCUT2D eigenvalue weighted by Gasteiger charge is -2.23. The molecule has 0 spiro atoms. The highest BCUT2D eigenvalue weighted by Crippen LogP contribution is 2.22. The third-order valence-electron chi connectivity index (χ3n) is 3.17. The second-order valence-electron chi connectivity index (χ2n) is 6.31. The van der Waals surface area contributed by atoms with E-state index in [0.717, 1.165) is 25.3 Å². The molecule has 0 unspecified atom stereocenters. The topological polar surface area (TPSA) is 33.1 Å². The molecule has 1 N–H and O–H groups in total. The average molecular weight is 266 g/mol. The van der Waals surface area contributed by atoms with Gasteiger partial charge in [-0.3, -0.25) is 4.68 Å². The van der Waals surface area contributed by atoms with E-state index in [9.17, 15) is 0 Å². The van der Waals surface area contributed by atoms with Gasteiger partial charge < -0.3 is 10.2 Å². The number of rotatable bonds is 7. The Hall–Kier alpha value is -1.03. The first kappa shape index (κ1) is 16.0. The fourth-order valence-electron chi connectivity index (χ4n) is 2.49. The van der Waals surface area contributed by atoms with Gasteiger partial charge in [0, 0.05) is 32.7 Å². The Morgan fingerprint density at radius 2 is 1.84 bits per heavy atom. The van der Waals surface area contributed by atoms with Crippen molar-refractivity contribution < 1.29 is 0 Å². The minimum atomic E-state index is 0.650. The Balaban J connectivity index is 2.84. The zero-order valence-corrected chi connectivity index (χ0v) is 13.6. The lowest BCUT2D eigenvalue weighted by molar-refractivity contribution is 0.550. The summed E-state index contributed by atoms with van der Waals surface area (Å²) in [7, 11) is 4.19. The van der Waals surface area contributed by atoms with Crippen LogP contribution in [0.15, 0.2) is 0 Å². The quantitative estimate of drug-likeness (QED) is 0.823. The molecular weight excluding hydrogens is 236 g/mol. The zero-order chi connectivity index (χ0) is 14.6. The van der Waals surface area contributed by atoms with Crippen LogP contribution in [0.1, 0.15) is 39.0 Å². The second kappa shape index (κ2) is 6.94. The number of aromatic nitrogens is 2. The van der Waals surface area contributed by atoms with Crippen LogP contribution in [0.2, 0.25) is 0 Å². The molecule has 0 aliphatic rings. The van der Waals surface area contributed by atoms with E-state index in [1.165, 1.54) is 11.4 Å². The highest BCUT2D eigenvalue weighted by molar-refractivity contribution is 5.49.